The first-order valence-corrected chi connectivity index (χ1v) is 6.39. The lowest BCUT2D eigenvalue weighted by Crippen LogP contribution is -2.08. The minimum absolute atomic E-state index is 0.198. The van der Waals surface area contributed by atoms with Crippen LogP contribution in [0.15, 0.2) is 30.5 Å². The predicted molar refractivity (Wildman–Crippen MR) is 72.7 cm³/mol. The molecule has 0 aliphatic rings. The summed E-state index contributed by atoms with van der Waals surface area (Å²) in [5.74, 6) is 0.570. The average Bonchev–Trinajstić information content (AvgIpc) is 2.78. The molecule has 0 N–H and O–H groups in total. The lowest BCUT2D eigenvalue weighted by Gasteiger charge is -2.14. The van der Waals surface area contributed by atoms with E-state index in [1.807, 2.05) is 22.9 Å². The van der Waals surface area contributed by atoms with Gasteiger partial charge in [0.1, 0.15) is 5.52 Å². The molecule has 0 atom stereocenters. The van der Waals surface area contributed by atoms with Gasteiger partial charge in [0, 0.05) is 24.2 Å². The molecule has 0 fully saturated rings. The van der Waals surface area contributed by atoms with Crippen LogP contribution in [0.3, 0.4) is 0 Å². The van der Waals surface area contributed by atoms with E-state index in [9.17, 15) is 10.1 Å². The number of para-hydroxylation sites is 1. The molecule has 1 heterocycles. The fourth-order valence-electron chi connectivity index (χ4n) is 2.37. The summed E-state index contributed by atoms with van der Waals surface area (Å²) in [6.45, 7) is 5.17. The van der Waals surface area contributed by atoms with Gasteiger partial charge in [-0.15, -0.1) is 0 Å². The Balaban J connectivity index is 2.48. The van der Waals surface area contributed by atoms with Crippen molar-refractivity contribution in [3.63, 3.8) is 0 Å². The monoisotopic (exact) mass is 246 g/mol. The maximum atomic E-state index is 11.1. The molecule has 0 aliphatic carbocycles. The van der Waals surface area contributed by atoms with Crippen LogP contribution in [0.2, 0.25) is 0 Å². The third-order valence-electron chi connectivity index (χ3n) is 3.57. The molecule has 2 aromatic rings. The van der Waals surface area contributed by atoms with E-state index < -0.39 is 0 Å². The van der Waals surface area contributed by atoms with E-state index in [0.717, 1.165) is 30.3 Å². The van der Waals surface area contributed by atoms with E-state index in [1.165, 1.54) is 0 Å². The van der Waals surface area contributed by atoms with Gasteiger partial charge in [0.15, 0.2) is 0 Å². The minimum Gasteiger partial charge on any atom is -0.342 e. The second kappa shape index (κ2) is 5.21. The van der Waals surface area contributed by atoms with E-state index in [4.69, 9.17) is 0 Å². The summed E-state index contributed by atoms with van der Waals surface area (Å²) < 4.78 is 2.02. The lowest BCUT2D eigenvalue weighted by molar-refractivity contribution is -0.383. The van der Waals surface area contributed by atoms with Crippen molar-refractivity contribution in [2.75, 3.05) is 0 Å². The van der Waals surface area contributed by atoms with Gasteiger partial charge in [-0.3, -0.25) is 10.1 Å². The number of aromatic nitrogens is 1. The molecule has 1 aromatic heterocycles. The van der Waals surface area contributed by atoms with Crippen molar-refractivity contribution < 1.29 is 4.92 Å². The van der Waals surface area contributed by atoms with Crippen molar-refractivity contribution in [2.45, 2.75) is 33.2 Å². The molecule has 0 radical (unpaired) electrons. The van der Waals surface area contributed by atoms with E-state index in [0.29, 0.717) is 5.92 Å². The normalized spacial score (nSPS) is 11.3. The van der Waals surface area contributed by atoms with Crippen molar-refractivity contribution in [3.05, 3.63) is 40.6 Å². The first-order valence-electron chi connectivity index (χ1n) is 6.39. The fraction of sp³-hybridized carbons (Fsp3) is 0.429. The Labute approximate surface area is 106 Å². The van der Waals surface area contributed by atoms with Crippen molar-refractivity contribution in [2.24, 2.45) is 5.92 Å². The second-order valence-electron chi connectivity index (χ2n) is 4.62. The fourth-order valence-corrected chi connectivity index (χ4v) is 2.37. The molecule has 2 rings (SSSR count). The summed E-state index contributed by atoms with van der Waals surface area (Å²) in [5, 5.41) is 12.0. The molecule has 1 aromatic carbocycles. The van der Waals surface area contributed by atoms with E-state index in [2.05, 4.69) is 13.8 Å². The van der Waals surface area contributed by atoms with Crippen molar-refractivity contribution >= 4 is 16.6 Å². The smallest absolute Gasteiger partial charge is 0.293 e. The summed E-state index contributed by atoms with van der Waals surface area (Å²) in [4.78, 5) is 10.8. The Kier molecular flexibility index (Phi) is 3.65. The Morgan fingerprint density at radius 3 is 2.61 bits per heavy atom. The second-order valence-corrected chi connectivity index (χ2v) is 4.62. The molecule has 0 amide bonds. The van der Waals surface area contributed by atoms with Gasteiger partial charge >= 0.3 is 0 Å². The van der Waals surface area contributed by atoms with Crippen LogP contribution in [0.25, 0.3) is 10.9 Å². The third kappa shape index (κ3) is 2.23. The number of hydrogen-bond acceptors (Lipinski definition) is 2. The van der Waals surface area contributed by atoms with Crippen LogP contribution in [0.5, 0.6) is 0 Å². The van der Waals surface area contributed by atoms with E-state index >= 15 is 0 Å². The van der Waals surface area contributed by atoms with Crippen molar-refractivity contribution in [1.29, 1.82) is 0 Å². The topological polar surface area (TPSA) is 48.1 Å². The van der Waals surface area contributed by atoms with Gasteiger partial charge in [-0.1, -0.05) is 38.8 Å². The highest BCUT2D eigenvalue weighted by atomic mass is 16.6. The molecule has 96 valence electrons. The van der Waals surface area contributed by atoms with Crippen LogP contribution in [0.1, 0.15) is 26.7 Å². The molecular formula is C14H18N2O2. The number of hydrogen-bond donors (Lipinski definition) is 0. The molecule has 18 heavy (non-hydrogen) atoms. The van der Waals surface area contributed by atoms with Crippen molar-refractivity contribution in [3.8, 4) is 0 Å². The SMILES string of the molecule is CCC(CC)Cn1ccc2cccc([N+](=O)[O-])c21. The van der Waals surface area contributed by atoms with Gasteiger partial charge in [-0.25, -0.2) is 0 Å². The summed E-state index contributed by atoms with van der Waals surface area (Å²) in [6.07, 6.45) is 4.14. The van der Waals surface area contributed by atoms with Crippen molar-refractivity contribution in [1.82, 2.24) is 4.57 Å². The minimum atomic E-state index is -0.300. The molecule has 0 bridgehead atoms. The summed E-state index contributed by atoms with van der Waals surface area (Å²) >= 11 is 0. The predicted octanol–water partition coefficient (Wildman–Crippen LogP) is 3.99. The van der Waals surface area contributed by atoms with Crippen LogP contribution in [-0.4, -0.2) is 9.49 Å². The maximum absolute atomic E-state index is 11.1. The van der Waals surface area contributed by atoms with Gasteiger partial charge in [-0.05, 0) is 12.0 Å². The van der Waals surface area contributed by atoms with Crippen LogP contribution < -0.4 is 0 Å². The molecule has 4 nitrogen and oxygen atoms in total. The Morgan fingerprint density at radius 1 is 1.28 bits per heavy atom. The molecule has 4 heteroatoms. The molecule has 0 saturated carbocycles. The number of rotatable bonds is 5. The van der Waals surface area contributed by atoms with Crippen LogP contribution in [0, 0.1) is 16.0 Å². The number of fused-ring (bicyclic) bond motifs is 1. The van der Waals surface area contributed by atoms with Gasteiger partial charge in [0.25, 0.3) is 5.69 Å². The largest absolute Gasteiger partial charge is 0.342 e. The van der Waals surface area contributed by atoms with Gasteiger partial charge < -0.3 is 4.57 Å². The molecule has 0 spiro atoms. The quantitative estimate of drug-likeness (QED) is 0.591. The lowest BCUT2D eigenvalue weighted by atomic mass is 10.0. The van der Waals surface area contributed by atoms with Gasteiger partial charge in [0.05, 0.1) is 4.92 Å². The standard InChI is InChI=1S/C14H18N2O2/c1-3-11(4-2)10-15-9-8-12-6-5-7-13(14(12)15)16(17)18/h5-9,11H,3-4,10H2,1-2H3. The Bertz CT molecular complexity index is 556. The number of nitro groups is 1. The Hall–Kier alpha value is -1.84. The highest BCUT2D eigenvalue weighted by Crippen LogP contribution is 2.27. The maximum Gasteiger partial charge on any atom is 0.293 e. The summed E-state index contributed by atoms with van der Waals surface area (Å²) in [7, 11) is 0. The zero-order valence-corrected chi connectivity index (χ0v) is 10.8. The van der Waals surface area contributed by atoms with Gasteiger partial charge in [0.2, 0.25) is 0 Å². The molecule has 0 aliphatic heterocycles. The Morgan fingerprint density at radius 2 is 2.00 bits per heavy atom. The molecular weight excluding hydrogens is 228 g/mol. The zero-order chi connectivity index (χ0) is 13.1. The summed E-state index contributed by atoms with van der Waals surface area (Å²) in [6, 6.07) is 7.18. The highest BCUT2D eigenvalue weighted by molar-refractivity contribution is 5.88. The van der Waals surface area contributed by atoms with Crippen LogP contribution >= 0.6 is 0 Å². The number of nitrogens with zero attached hydrogens (tertiary/aromatic N) is 2. The third-order valence-corrected chi connectivity index (χ3v) is 3.57. The first kappa shape index (κ1) is 12.6. The molecule has 0 unspecified atom stereocenters. The van der Waals surface area contributed by atoms with E-state index in [-0.39, 0.29) is 10.6 Å². The van der Waals surface area contributed by atoms with Crippen LogP contribution in [-0.2, 0) is 6.54 Å². The summed E-state index contributed by atoms with van der Waals surface area (Å²) in [5.41, 5.74) is 0.942. The first-order chi connectivity index (χ1) is 8.67. The number of nitro benzene ring substituents is 1. The van der Waals surface area contributed by atoms with Gasteiger partial charge in [-0.2, -0.15) is 0 Å². The van der Waals surface area contributed by atoms with Crippen LogP contribution in [0.4, 0.5) is 5.69 Å². The average molecular weight is 246 g/mol. The number of non-ortho nitro benzene ring substituents is 1. The molecule has 0 saturated heterocycles. The zero-order valence-electron chi connectivity index (χ0n) is 10.8. The van der Waals surface area contributed by atoms with E-state index in [1.54, 1.807) is 12.1 Å². The highest BCUT2D eigenvalue weighted by Gasteiger charge is 2.16. The number of benzene rings is 1.